The molecule has 3 amide bonds. The molecular formula is C23H33N7O8. The summed E-state index contributed by atoms with van der Waals surface area (Å²) in [5.41, 5.74) is 12.1. The maximum Gasteiger partial charge on any atom is 0.329 e. The Morgan fingerprint density at radius 2 is 1.61 bits per heavy atom. The number of aliphatic hydroxyl groups is 1. The molecule has 0 aromatic heterocycles. The van der Waals surface area contributed by atoms with Crippen molar-refractivity contribution in [1.82, 2.24) is 20.9 Å². The van der Waals surface area contributed by atoms with E-state index >= 15 is 0 Å². The first-order valence-corrected chi connectivity index (χ1v) is 11.6. The van der Waals surface area contributed by atoms with E-state index in [4.69, 9.17) is 16.9 Å². The zero-order valence-corrected chi connectivity index (χ0v) is 20.8. The van der Waals surface area contributed by atoms with Gasteiger partial charge in [-0.25, -0.2) is 4.79 Å². The number of nitrogens with zero attached hydrogens (tertiary/aromatic N) is 1. The van der Waals surface area contributed by atoms with E-state index < -0.39 is 65.5 Å². The lowest BCUT2D eigenvalue weighted by Gasteiger charge is -2.24. The van der Waals surface area contributed by atoms with Gasteiger partial charge in [-0.2, -0.15) is 0 Å². The number of phenols is 2. The second kappa shape index (κ2) is 12.7. The first-order chi connectivity index (χ1) is 17.7. The molecule has 2 rings (SSSR count). The Bertz CT molecular complexity index is 1120. The Morgan fingerprint density at radius 3 is 2.13 bits per heavy atom. The van der Waals surface area contributed by atoms with Crippen LogP contribution in [-0.2, 0) is 19.2 Å². The molecule has 12 N–H and O–H groups in total. The van der Waals surface area contributed by atoms with Gasteiger partial charge in [0.2, 0.25) is 17.7 Å². The van der Waals surface area contributed by atoms with Crippen molar-refractivity contribution in [2.45, 2.75) is 50.5 Å². The van der Waals surface area contributed by atoms with Crippen molar-refractivity contribution in [3.63, 3.8) is 0 Å². The van der Waals surface area contributed by atoms with Gasteiger partial charge in [0.15, 0.2) is 23.5 Å². The van der Waals surface area contributed by atoms with E-state index in [2.05, 4.69) is 16.0 Å². The third-order valence-corrected chi connectivity index (χ3v) is 5.88. The number of amides is 3. The second-order valence-corrected chi connectivity index (χ2v) is 8.92. The van der Waals surface area contributed by atoms with Crippen molar-refractivity contribution >= 4 is 29.7 Å². The molecule has 5 unspecified atom stereocenters. The fourth-order valence-electron chi connectivity index (χ4n) is 3.58. The van der Waals surface area contributed by atoms with Crippen LogP contribution in [0.4, 0.5) is 0 Å². The van der Waals surface area contributed by atoms with E-state index in [-0.39, 0.29) is 17.9 Å². The van der Waals surface area contributed by atoms with Gasteiger partial charge in [-0.3, -0.25) is 19.8 Å². The number of aliphatic carboxylic acids is 1. The molecule has 15 heteroatoms. The Morgan fingerprint density at radius 1 is 1.03 bits per heavy atom. The number of aromatic hydroxyl groups is 2. The monoisotopic (exact) mass is 535 g/mol. The summed E-state index contributed by atoms with van der Waals surface area (Å²) in [5.74, 6) is -5.05. The summed E-state index contributed by atoms with van der Waals surface area (Å²) >= 11 is 0. The van der Waals surface area contributed by atoms with Crippen LogP contribution in [0.25, 0.3) is 0 Å². The highest BCUT2D eigenvalue weighted by atomic mass is 16.4. The molecule has 15 nitrogen and oxygen atoms in total. The van der Waals surface area contributed by atoms with Gasteiger partial charge in [0, 0.05) is 13.1 Å². The smallest absolute Gasteiger partial charge is 0.329 e. The number of carboxylic acids is 1. The number of nitrogens with two attached hydrogens (primary N) is 2. The van der Waals surface area contributed by atoms with E-state index in [1.165, 1.54) is 19.9 Å². The van der Waals surface area contributed by atoms with Crippen molar-refractivity contribution in [1.29, 1.82) is 5.41 Å². The molecule has 1 aliphatic heterocycles. The highest BCUT2D eigenvalue weighted by Crippen LogP contribution is 2.29. The molecule has 38 heavy (non-hydrogen) atoms. The van der Waals surface area contributed by atoms with Crippen molar-refractivity contribution in [3.05, 3.63) is 35.4 Å². The number of hydrogen-bond donors (Lipinski definition) is 10. The minimum atomic E-state index is -1.84. The van der Waals surface area contributed by atoms with Gasteiger partial charge in [-0.15, -0.1) is 0 Å². The average Bonchev–Trinajstić information content (AvgIpc) is 3.32. The van der Waals surface area contributed by atoms with E-state index in [1.54, 1.807) is 4.90 Å². The number of benzene rings is 1. The van der Waals surface area contributed by atoms with Gasteiger partial charge in [0.05, 0.1) is 6.04 Å². The molecule has 0 aliphatic carbocycles. The molecule has 0 saturated heterocycles. The van der Waals surface area contributed by atoms with Gasteiger partial charge < -0.3 is 52.7 Å². The number of carboxylic acid groups (broad SMARTS) is 1. The van der Waals surface area contributed by atoms with Crippen LogP contribution in [0.5, 0.6) is 11.5 Å². The molecule has 5 atom stereocenters. The number of guanidine groups is 1. The predicted octanol–water partition coefficient (Wildman–Crippen LogP) is -2.44. The fourth-order valence-corrected chi connectivity index (χ4v) is 3.58. The first kappa shape index (κ1) is 29.9. The summed E-state index contributed by atoms with van der Waals surface area (Å²) in [6, 6.07) is -1.99. The molecule has 1 aromatic rings. The van der Waals surface area contributed by atoms with Gasteiger partial charge in [-0.05, 0) is 38.0 Å². The molecule has 0 fully saturated rings. The third-order valence-electron chi connectivity index (χ3n) is 5.88. The van der Waals surface area contributed by atoms with Crippen LogP contribution in [0.1, 0.15) is 31.9 Å². The maximum atomic E-state index is 12.5. The lowest BCUT2D eigenvalue weighted by molar-refractivity contribution is -0.145. The van der Waals surface area contributed by atoms with Crippen LogP contribution in [0, 0.1) is 5.41 Å². The third kappa shape index (κ3) is 7.81. The molecule has 1 aromatic carbocycles. The molecule has 0 saturated carbocycles. The lowest BCUT2D eigenvalue weighted by Crippen LogP contribution is -2.56. The van der Waals surface area contributed by atoms with E-state index in [0.717, 1.165) is 17.7 Å². The van der Waals surface area contributed by atoms with Gasteiger partial charge >= 0.3 is 5.97 Å². The molecule has 1 aliphatic rings. The van der Waals surface area contributed by atoms with Crippen molar-refractivity contribution in [3.8, 4) is 11.5 Å². The van der Waals surface area contributed by atoms with Gasteiger partial charge in [0.25, 0.3) is 0 Å². The summed E-state index contributed by atoms with van der Waals surface area (Å²) in [4.78, 5) is 50.7. The van der Waals surface area contributed by atoms with Crippen LogP contribution in [0.2, 0.25) is 0 Å². The van der Waals surface area contributed by atoms with Crippen molar-refractivity contribution in [2.24, 2.45) is 11.5 Å². The normalized spacial score (nSPS) is 16.8. The van der Waals surface area contributed by atoms with Crippen LogP contribution in [-0.4, -0.2) is 92.2 Å². The summed E-state index contributed by atoms with van der Waals surface area (Å²) in [6.07, 6.45) is 0.222. The maximum absolute atomic E-state index is 12.5. The van der Waals surface area contributed by atoms with Crippen LogP contribution < -0.4 is 27.4 Å². The van der Waals surface area contributed by atoms with Crippen molar-refractivity contribution < 1.29 is 39.6 Å². The zero-order chi connectivity index (χ0) is 28.7. The molecular weight excluding hydrogens is 502 g/mol. The molecule has 0 spiro atoms. The molecule has 0 radical (unpaired) electrons. The zero-order valence-electron chi connectivity index (χ0n) is 20.8. The Labute approximate surface area is 218 Å². The fraction of sp³-hybridized carbons (Fsp3) is 0.435. The minimum absolute atomic E-state index is 0.0836. The molecule has 1 heterocycles. The number of carbonyl (C=O) groups is 4. The van der Waals surface area contributed by atoms with Crippen LogP contribution in [0.3, 0.4) is 0 Å². The summed E-state index contributed by atoms with van der Waals surface area (Å²) in [6.45, 7) is 3.46. The average molecular weight is 536 g/mol. The highest BCUT2D eigenvalue weighted by molar-refractivity contribution is 5.93. The summed E-state index contributed by atoms with van der Waals surface area (Å²) in [7, 11) is 0. The van der Waals surface area contributed by atoms with Crippen molar-refractivity contribution in [2.75, 3.05) is 13.1 Å². The van der Waals surface area contributed by atoms with E-state index in [9.17, 15) is 39.6 Å². The van der Waals surface area contributed by atoms with Crippen LogP contribution >= 0.6 is 0 Å². The largest absolute Gasteiger partial charge is 0.504 e. The topological polar surface area (TPSA) is 264 Å². The number of hydrogen-bond acceptors (Lipinski definition) is 9. The van der Waals surface area contributed by atoms with Gasteiger partial charge in [0.1, 0.15) is 18.2 Å². The SMILES string of the molecule is CC(NC(=O)C(N)CC1=CCN(C(=N)N)C1)C(=O)NC(C)C(=O)NC(C(=O)O)C(O)c1ccc(O)c(O)c1. The predicted molar refractivity (Wildman–Crippen MR) is 134 cm³/mol. The Hall–Kier alpha value is -4.37. The number of carbonyl (C=O) groups excluding carboxylic acids is 3. The lowest BCUT2D eigenvalue weighted by atomic mass is 10.0. The first-order valence-electron chi connectivity index (χ1n) is 11.6. The van der Waals surface area contributed by atoms with E-state index in [0.29, 0.717) is 13.1 Å². The van der Waals surface area contributed by atoms with Crippen LogP contribution in [0.15, 0.2) is 29.8 Å². The quantitative estimate of drug-likeness (QED) is 0.0615. The number of phenolic OH excluding ortho intramolecular Hbond substituents is 2. The van der Waals surface area contributed by atoms with Gasteiger partial charge in [-0.1, -0.05) is 17.7 Å². The summed E-state index contributed by atoms with van der Waals surface area (Å²) in [5, 5.41) is 53.2. The standard InChI is InChI=1S/C23H33N7O8/c1-10(28-21(36)14(24)7-12-5-6-30(9-12)23(25)26)19(34)27-11(2)20(35)29-17(22(37)38)18(33)13-3-4-15(31)16(32)8-13/h3-5,8,10-11,14,17-18,31-33H,6-7,9,24H2,1-2H3,(H3,25,26)(H,27,34)(H,28,36)(H,29,35)(H,37,38). The molecule has 208 valence electrons. The minimum Gasteiger partial charge on any atom is -0.504 e. The Kier molecular flexibility index (Phi) is 10.0. The highest BCUT2D eigenvalue weighted by Gasteiger charge is 2.32. The second-order valence-electron chi connectivity index (χ2n) is 8.92. The molecule has 0 bridgehead atoms. The van der Waals surface area contributed by atoms with E-state index in [1.807, 2.05) is 6.08 Å². The number of rotatable bonds is 11. The Balaban J connectivity index is 1.90. The number of aliphatic hydroxyl groups excluding tert-OH is 1. The number of nitrogens with one attached hydrogen (secondary N) is 4. The summed E-state index contributed by atoms with van der Waals surface area (Å²) < 4.78 is 0.